The zero-order chi connectivity index (χ0) is 14.2. The second-order valence-electron chi connectivity index (χ2n) is 4.62. The van der Waals surface area contributed by atoms with Gasteiger partial charge in [0.15, 0.2) is 11.5 Å². The third-order valence-corrected chi connectivity index (χ3v) is 3.35. The Labute approximate surface area is 112 Å². The van der Waals surface area contributed by atoms with Crippen LogP contribution in [0.5, 0.6) is 0 Å². The Balaban J connectivity index is 1.98. The molecule has 0 aliphatic carbocycles. The minimum absolute atomic E-state index is 0.137. The summed E-state index contributed by atoms with van der Waals surface area (Å²) in [5.74, 6) is 0.287. The number of aromatic nitrogens is 4. The molecule has 0 unspecified atom stereocenters. The Morgan fingerprint density at radius 3 is 3.20 bits per heavy atom. The molecule has 0 radical (unpaired) electrons. The van der Waals surface area contributed by atoms with Crippen molar-refractivity contribution in [1.82, 2.24) is 19.5 Å². The summed E-state index contributed by atoms with van der Waals surface area (Å²) in [6.07, 6.45) is 2.80. The second kappa shape index (κ2) is 4.60. The number of aliphatic hydroxyl groups excluding tert-OH is 1. The van der Waals surface area contributed by atoms with Crippen LogP contribution in [0.2, 0.25) is 0 Å². The Bertz CT molecular complexity index is 694. The van der Waals surface area contributed by atoms with E-state index in [-0.39, 0.29) is 19.0 Å². The number of imidazole rings is 1. The molecule has 1 saturated heterocycles. The number of aliphatic hydroxyl groups is 1. The lowest BCUT2D eigenvalue weighted by molar-refractivity contribution is 0.0530. The molecule has 0 spiro atoms. The van der Waals surface area contributed by atoms with Crippen molar-refractivity contribution >= 4 is 17.0 Å². The Morgan fingerprint density at radius 1 is 1.60 bits per heavy atom. The largest absolute Gasteiger partial charge is 0.396 e. The number of nitrogen functional groups attached to an aromatic ring is 1. The molecule has 2 atom stereocenters. The Hall–Kier alpha value is -2.42. The maximum atomic E-state index is 9.40. The van der Waals surface area contributed by atoms with E-state index >= 15 is 0 Å². The zero-order valence-electron chi connectivity index (χ0n) is 10.4. The summed E-state index contributed by atoms with van der Waals surface area (Å²) in [5.41, 5.74) is 14.4. The molecule has 3 heterocycles. The average molecular weight is 276 g/mol. The summed E-state index contributed by atoms with van der Waals surface area (Å²) in [6, 6.07) is 0. The van der Waals surface area contributed by atoms with E-state index in [0.29, 0.717) is 17.6 Å². The SMILES string of the molecule is [N-]=[N+]=N[C@@]1(CO)CO[C@@H](n2cnc3c(N)ncnc32)C1. The second-order valence-corrected chi connectivity index (χ2v) is 4.62. The molecule has 0 bridgehead atoms. The minimum atomic E-state index is -0.950. The van der Waals surface area contributed by atoms with Gasteiger partial charge in [-0.05, 0) is 5.53 Å². The van der Waals surface area contributed by atoms with Crippen molar-refractivity contribution in [3.8, 4) is 0 Å². The fourth-order valence-electron chi connectivity index (χ4n) is 2.26. The summed E-state index contributed by atoms with van der Waals surface area (Å²) in [7, 11) is 0. The van der Waals surface area contributed by atoms with Crippen molar-refractivity contribution in [1.29, 1.82) is 0 Å². The highest BCUT2D eigenvalue weighted by Crippen LogP contribution is 2.35. The first kappa shape index (κ1) is 12.6. The Morgan fingerprint density at radius 2 is 2.45 bits per heavy atom. The Kier molecular flexibility index (Phi) is 2.90. The van der Waals surface area contributed by atoms with Gasteiger partial charge in [0.25, 0.3) is 0 Å². The van der Waals surface area contributed by atoms with Gasteiger partial charge >= 0.3 is 0 Å². The van der Waals surface area contributed by atoms with Crippen molar-refractivity contribution in [2.45, 2.75) is 18.2 Å². The summed E-state index contributed by atoms with van der Waals surface area (Å²) in [6.45, 7) is -0.143. The number of fused-ring (bicyclic) bond motifs is 1. The van der Waals surface area contributed by atoms with Gasteiger partial charge < -0.3 is 15.6 Å². The molecule has 0 amide bonds. The average Bonchev–Trinajstić information content (AvgIpc) is 3.04. The first-order valence-electron chi connectivity index (χ1n) is 5.91. The van der Waals surface area contributed by atoms with Crippen LogP contribution >= 0.6 is 0 Å². The third-order valence-electron chi connectivity index (χ3n) is 3.35. The molecule has 2 aromatic rings. The van der Waals surface area contributed by atoms with Gasteiger partial charge in [-0.15, -0.1) is 0 Å². The van der Waals surface area contributed by atoms with Crippen molar-refractivity contribution in [2.75, 3.05) is 18.9 Å². The van der Waals surface area contributed by atoms with E-state index in [0.717, 1.165) is 0 Å². The molecule has 0 aromatic carbocycles. The molecular weight excluding hydrogens is 264 g/mol. The molecule has 104 valence electrons. The van der Waals surface area contributed by atoms with E-state index in [1.165, 1.54) is 6.33 Å². The highest BCUT2D eigenvalue weighted by Gasteiger charge is 2.40. The number of anilines is 1. The maximum Gasteiger partial charge on any atom is 0.167 e. The highest BCUT2D eigenvalue weighted by molar-refractivity contribution is 5.81. The molecule has 0 saturated carbocycles. The van der Waals surface area contributed by atoms with E-state index in [2.05, 4.69) is 25.0 Å². The molecule has 10 heteroatoms. The lowest BCUT2D eigenvalue weighted by atomic mass is 10.0. The lowest BCUT2D eigenvalue weighted by Gasteiger charge is -2.17. The van der Waals surface area contributed by atoms with Crippen LogP contribution in [0, 0.1) is 0 Å². The van der Waals surface area contributed by atoms with Crippen molar-refractivity contribution in [2.24, 2.45) is 5.11 Å². The number of hydrogen-bond donors (Lipinski definition) is 2. The van der Waals surface area contributed by atoms with Gasteiger partial charge in [0.2, 0.25) is 0 Å². The number of rotatable bonds is 3. The van der Waals surface area contributed by atoms with Gasteiger partial charge in [-0.1, -0.05) is 5.11 Å². The molecule has 3 N–H and O–H groups in total. The summed E-state index contributed by atoms with van der Waals surface area (Å²) in [4.78, 5) is 14.9. The molecule has 1 aliphatic heterocycles. The minimum Gasteiger partial charge on any atom is -0.396 e. The summed E-state index contributed by atoms with van der Waals surface area (Å²) < 4.78 is 7.29. The zero-order valence-corrected chi connectivity index (χ0v) is 10.4. The van der Waals surface area contributed by atoms with Crippen LogP contribution in [-0.4, -0.2) is 43.4 Å². The van der Waals surface area contributed by atoms with Crippen LogP contribution in [0.15, 0.2) is 17.8 Å². The molecule has 1 fully saturated rings. The van der Waals surface area contributed by atoms with Crippen LogP contribution in [-0.2, 0) is 4.74 Å². The van der Waals surface area contributed by atoms with E-state index in [4.69, 9.17) is 16.0 Å². The normalized spacial score (nSPS) is 25.8. The topological polar surface area (TPSA) is 148 Å². The van der Waals surface area contributed by atoms with Crippen LogP contribution in [0.25, 0.3) is 21.6 Å². The van der Waals surface area contributed by atoms with Gasteiger partial charge in [0.1, 0.15) is 18.1 Å². The standard InChI is InChI=1S/C10H12N8O2/c11-8-7-9(14-4-13-8)18(5-15-7)6-1-10(2-19,3-20-6)16-17-12/h4-6,19H,1-3H2,(H2,11,13,14)/t6-,10+/m1/s1. The fourth-order valence-corrected chi connectivity index (χ4v) is 2.26. The number of nitrogens with two attached hydrogens (primary N) is 1. The van der Waals surface area contributed by atoms with Crippen LogP contribution in [0.1, 0.15) is 12.6 Å². The molecular formula is C10H12N8O2. The smallest absolute Gasteiger partial charge is 0.167 e. The van der Waals surface area contributed by atoms with Crippen LogP contribution in [0.4, 0.5) is 5.82 Å². The van der Waals surface area contributed by atoms with Gasteiger partial charge in [-0.25, -0.2) is 15.0 Å². The first-order valence-corrected chi connectivity index (χ1v) is 5.91. The van der Waals surface area contributed by atoms with E-state index < -0.39 is 11.8 Å². The number of ether oxygens (including phenoxy) is 1. The molecule has 20 heavy (non-hydrogen) atoms. The highest BCUT2D eigenvalue weighted by atomic mass is 16.5. The molecule has 10 nitrogen and oxygen atoms in total. The summed E-state index contributed by atoms with van der Waals surface area (Å²) in [5, 5.41) is 13.1. The number of azide groups is 1. The van der Waals surface area contributed by atoms with Crippen molar-refractivity contribution < 1.29 is 9.84 Å². The lowest BCUT2D eigenvalue weighted by Crippen LogP contribution is -2.30. The fraction of sp³-hybridized carbons (Fsp3) is 0.500. The van der Waals surface area contributed by atoms with E-state index in [1.807, 2.05) is 0 Å². The van der Waals surface area contributed by atoms with E-state index in [9.17, 15) is 5.11 Å². The van der Waals surface area contributed by atoms with Crippen molar-refractivity contribution in [3.05, 3.63) is 23.1 Å². The van der Waals surface area contributed by atoms with Gasteiger partial charge in [0, 0.05) is 11.3 Å². The predicted octanol–water partition coefficient (Wildman–Crippen LogP) is 0.369. The van der Waals surface area contributed by atoms with Crippen LogP contribution in [0.3, 0.4) is 0 Å². The third kappa shape index (κ3) is 1.83. The molecule has 1 aliphatic rings. The molecule has 2 aromatic heterocycles. The number of nitrogens with zero attached hydrogens (tertiary/aromatic N) is 7. The van der Waals surface area contributed by atoms with Gasteiger partial charge in [-0.2, -0.15) is 0 Å². The molecule has 3 rings (SSSR count). The monoisotopic (exact) mass is 276 g/mol. The van der Waals surface area contributed by atoms with Gasteiger partial charge in [0.05, 0.1) is 25.1 Å². The van der Waals surface area contributed by atoms with Crippen molar-refractivity contribution in [3.63, 3.8) is 0 Å². The summed E-state index contributed by atoms with van der Waals surface area (Å²) >= 11 is 0. The quantitative estimate of drug-likeness (QED) is 0.470. The van der Waals surface area contributed by atoms with E-state index in [1.54, 1.807) is 10.9 Å². The number of hydrogen-bond acceptors (Lipinski definition) is 7. The first-order chi connectivity index (χ1) is 9.69. The van der Waals surface area contributed by atoms with Gasteiger partial charge in [-0.3, -0.25) is 4.57 Å². The van der Waals surface area contributed by atoms with Crippen LogP contribution < -0.4 is 5.73 Å². The predicted molar refractivity (Wildman–Crippen MR) is 68.3 cm³/mol. The maximum absolute atomic E-state index is 9.40.